The van der Waals surface area contributed by atoms with Crippen LogP contribution >= 0.6 is 0 Å². The Morgan fingerprint density at radius 1 is 1.19 bits per heavy atom. The summed E-state index contributed by atoms with van der Waals surface area (Å²) in [5.74, 6) is 0.830. The van der Waals surface area contributed by atoms with Crippen molar-refractivity contribution < 1.29 is 9.13 Å². The van der Waals surface area contributed by atoms with E-state index in [9.17, 15) is 4.39 Å². The number of anilines is 1. The van der Waals surface area contributed by atoms with Crippen LogP contribution in [0.4, 0.5) is 10.2 Å². The van der Waals surface area contributed by atoms with Crippen LogP contribution in [0.5, 0.6) is 5.75 Å². The SMILES string of the molecule is COc1ccc(-c2nc(C(C)(C)C)nc(N)c2C)cc1F. The van der Waals surface area contributed by atoms with Crippen molar-refractivity contribution in [1.29, 1.82) is 0 Å². The first-order chi connectivity index (χ1) is 9.74. The second-order valence-corrected chi connectivity index (χ2v) is 6.01. The molecular weight excluding hydrogens is 269 g/mol. The lowest BCUT2D eigenvalue weighted by molar-refractivity contribution is 0.386. The maximum atomic E-state index is 13.9. The van der Waals surface area contributed by atoms with Gasteiger partial charge < -0.3 is 10.5 Å². The zero-order chi connectivity index (χ0) is 15.8. The van der Waals surface area contributed by atoms with E-state index < -0.39 is 5.82 Å². The lowest BCUT2D eigenvalue weighted by Crippen LogP contribution is -2.18. The van der Waals surface area contributed by atoms with Crippen molar-refractivity contribution in [1.82, 2.24) is 9.97 Å². The molecule has 112 valence electrons. The summed E-state index contributed by atoms with van der Waals surface area (Å²) in [7, 11) is 1.43. The second kappa shape index (κ2) is 5.31. The maximum absolute atomic E-state index is 13.9. The average molecular weight is 289 g/mol. The lowest BCUT2D eigenvalue weighted by atomic mass is 9.95. The summed E-state index contributed by atoms with van der Waals surface area (Å²) in [5, 5.41) is 0. The third-order valence-corrected chi connectivity index (χ3v) is 3.28. The predicted molar refractivity (Wildman–Crippen MR) is 81.8 cm³/mol. The van der Waals surface area contributed by atoms with Gasteiger partial charge in [-0.2, -0.15) is 0 Å². The number of hydrogen-bond acceptors (Lipinski definition) is 4. The molecule has 0 atom stereocenters. The van der Waals surface area contributed by atoms with Gasteiger partial charge in [0, 0.05) is 16.5 Å². The molecule has 2 aromatic rings. The van der Waals surface area contributed by atoms with Gasteiger partial charge in [-0.05, 0) is 25.1 Å². The van der Waals surface area contributed by atoms with E-state index in [0.717, 1.165) is 5.56 Å². The topological polar surface area (TPSA) is 61.0 Å². The minimum Gasteiger partial charge on any atom is -0.494 e. The molecule has 5 heteroatoms. The Balaban J connectivity index is 2.63. The van der Waals surface area contributed by atoms with E-state index in [1.165, 1.54) is 13.2 Å². The quantitative estimate of drug-likeness (QED) is 0.919. The van der Waals surface area contributed by atoms with E-state index in [-0.39, 0.29) is 11.2 Å². The van der Waals surface area contributed by atoms with Gasteiger partial charge in [0.2, 0.25) is 0 Å². The highest BCUT2D eigenvalue weighted by Crippen LogP contribution is 2.30. The number of nitrogens with two attached hydrogens (primary N) is 1. The van der Waals surface area contributed by atoms with Crippen LogP contribution in [0.1, 0.15) is 32.2 Å². The summed E-state index contributed by atoms with van der Waals surface area (Å²) in [6, 6.07) is 4.75. The molecular formula is C16H20FN3O. The number of nitrogen functional groups attached to an aromatic ring is 1. The summed E-state index contributed by atoms with van der Waals surface area (Å²) in [5.41, 5.74) is 7.79. The van der Waals surface area contributed by atoms with Crippen molar-refractivity contribution in [2.45, 2.75) is 33.1 Å². The van der Waals surface area contributed by atoms with Crippen molar-refractivity contribution >= 4 is 5.82 Å². The molecule has 0 aliphatic rings. The molecule has 1 heterocycles. The molecule has 1 aromatic carbocycles. The number of nitrogens with zero attached hydrogens (tertiary/aromatic N) is 2. The Morgan fingerprint density at radius 3 is 2.38 bits per heavy atom. The van der Waals surface area contributed by atoms with E-state index in [4.69, 9.17) is 10.5 Å². The first kappa shape index (κ1) is 15.2. The second-order valence-electron chi connectivity index (χ2n) is 6.01. The summed E-state index contributed by atoms with van der Waals surface area (Å²) < 4.78 is 18.8. The molecule has 0 saturated carbocycles. The van der Waals surface area contributed by atoms with Crippen LogP contribution in [0.25, 0.3) is 11.3 Å². The molecule has 0 bridgehead atoms. The average Bonchev–Trinajstić information content (AvgIpc) is 2.40. The number of hydrogen-bond donors (Lipinski definition) is 1. The van der Waals surface area contributed by atoms with Crippen LogP contribution in [0.15, 0.2) is 18.2 Å². The fraction of sp³-hybridized carbons (Fsp3) is 0.375. The highest BCUT2D eigenvalue weighted by atomic mass is 19.1. The summed E-state index contributed by atoms with van der Waals surface area (Å²) >= 11 is 0. The Morgan fingerprint density at radius 2 is 1.86 bits per heavy atom. The predicted octanol–water partition coefficient (Wildman–Crippen LogP) is 3.48. The number of ether oxygens (including phenoxy) is 1. The van der Waals surface area contributed by atoms with E-state index in [1.54, 1.807) is 12.1 Å². The van der Waals surface area contributed by atoms with Crippen molar-refractivity contribution in [3.05, 3.63) is 35.4 Å². The molecule has 0 aliphatic carbocycles. The van der Waals surface area contributed by atoms with Crippen molar-refractivity contribution in [3.63, 3.8) is 0 Å². The van der Waals surface area contributed by atoms with E-state index >= 15 is 0 Å². The summed E-state index contributed by atoms with van der Waals surface area (Å²) in [4.78, 5) is 8.91. The van der Waals surface area contributed by atoms with E-state index in [1.807, 2.05) is 27.7 Å². The van der Waals surface area contributed by atoms with Gasteiger partial charge in [-0.1, -0.05) is 20.8 Å². The van der Waals surface area contributed by atoms with Gasteiger partial charge in [0.1, 0.15) is 11.6 Å². The third-order valence-electron chi connectivity index (χ3n) is 3.28. The molecule has 0 spiro atoms. The van der Waals surface area contributed by atoms with Crippen molar-refractivity contribution in [2.24, 2.45) is 0 Å². The minimum absolute atomic E-state index is 0.203. The Bertz CT molecular complexity index is 678. The van der Waals surface area contributed by atoms with Crippen molar-refractivity contribution in [3.8, 4) is 17.0 Å². The molecule has 2 rings (SSSR count). The molecule has 2 N–H and O–H groups in total. The molecule has 4 nitrogen and oxygen atoms in total. The molecule has 0 amide bonds. The van der Waals surface area contributed by atoms with Crippen LogP contribution in [0.3, 0.4) is 0 Å². The zero-order valence-corrected chi connectivity index (χ0v) is 13.0. The van der Waals surface area contributed by atoms with Gasteiger partial charge in [0.15, 0.2) is 11.6 Å². The first-order valence-corrected chi connectivity index (χ1v) is 6.72. The van der Waals surface area contributed by atoms with Gasteiger partial charge >= 0.3 is 0 Å². The highest BCUT2D eigenvalue weighted by molar-refractivity contribution is 5.68. The van der Waals surface area contributed by atoms with Crippen LogP contribution in [0, 0.1) is 12.7 Å². The normalized spacial score (nSPS) is 11.5. The number of rotatable bonds is 2. The standard InChI is InChI=1S/C16H20FN3O/c1-9-13(10-6-7-12(21-5)11(17)8-10)19-15(16(2,3)4)20-14(9)18/h6-8H,1-5H3,(H2,18,19,20). The van der Waals surface area contributed by atoms with Gasteiger partial charge in [0.25, 0.3) is 0 Å². The Kier molecular flexibility index (Phi) is 3.85. The van der Waals surface area contributed by atoms with Gasteiger partial charge in [-0.15, -0.1) is 0 Å². The molecule has 0 saturated heterocycles. The molecule has 0 fully saturated rings. The van der Waals surface area contributed by atoms with E-state index in [0.29, 0.717) is 22.9 Å². The fourth-order valence-corrected chi connectivity index (χ4v) is 1.96. The smallest absolute Gasteiger partial charge is 0.165 e. The van der Waals surface area contributed by atoms with Gasteiger partial charge in [-0.3, -0.25) is 0 Å². The molecule has 1 aromatic heterocycles. The number of benzene rings is 1. The molecule has 0 unspecified atom stereocenters. The largest absolute Gasteiger partial charge is 0.494 e. The third kappa shape index (κ3) is 2.96. The van der Waals surface area contributed by atoms with E-state index in [2.05, 4.69) is 9.97 Å². The van der Waals surface area contributed by atoms with Crippen molar-refractivity contribution in [2.75, 3.05) is 12.8 Å². The Labute approximate surface area is 124 Å². The number of aromatic nitrogens is 2. The zero-order valence-electron chi connectivity index (χ0n) is 13.0. The van der Waals surface area contributed by atoms with Crippen LogP contribution in [-0.2, 0) is 5.41 Å². The molecule has 0 aliphatic heterocycles. The molecule has 21 heavy (non-hydrogen) atoms. The van der Waals surface area contributed by atoms with Crippen LogP contribution < -0.4 is 10.5 Å². The fourth-order valence-electron chi connectivity index (χ4n) is 1.96. The first-order valence-electron chi connectivity index (χ1n) is 6.72. The Hall–Kier alpha value is -2.17. The minimum atomic E-state index is -0.427. The summed E-state index contributed by atoms with van der Waals surface area (Å²) in [6.45, 7) is 7.86. The summed E-state index contributed by atoms with van der Waals surface area (Å²) in [6.07, 6.45) is 0. The van der Waals surface area contributed by atoms with Gasteiger partial charge in [-0.25, -0.2) is 14.4 Å². The molecule has 0 radical (unpaired) electrons. The number of methoxy groups -OCH3 is 1. The van der Waals surface area contributed by atoms with Gasteiger partial charge in [0.05, 0.1) is 12.8 Å². The van der Waals surface area contributed by atoms with Crippen LogP contribution in [0.2, 0.25) is 0 Å². The highest BCUT2D eigenvalue weighted by Gasteiger charge is 2.21. The number of halogens is 1. The monoisotopic (exact) mass is 289 g/mol. The van der Waals surface area contributed by atoms with Crippen LogP contribution in [-0.4, -0.2) is 17.1 Å². The maximum Gasteiger partial charge on any atom is 0.165 e. The lowest BCUT2D eigenvalue weighted by Gasteiger charge is -2.19.